The molecule has 2 aliphatic rings. The number of nitriles is 1. The van der Waals surface area contributed by atoms with Crippen LogP contribution in [0.3, 0.4) is 0 Å². The van der Waals surface area contributed by atoms with Crippen LogP contribution in [-0.4, -0.2) is 35.6 Å². The zero-order chi connectivity index (χ0) is 22.7. The van der Waals surface area contributed by atoms with Crippen LogP contribution in [0.5, 0.6) is 5.88 Å². The van der Waals surface area contributed by atoms with Crippen LogP contribution in [0, 0.1) is 17.1 Å². The molecule has 3 N–H and O–H groups in total. The number of carbonyl (C=O) groups is 2. The predicted molar refractivity (Wildman–Crippen MR) is 111 cm³/mol. The molecule has 2 amide bonds. The number of rotatable bonds is 5. The minimum atomic E-state index is -0.652. The van der Waals surface area contributed by atoms with Crippen molar-refractivity contribution in [3.05, 3.63) is 58.0 Å². The van der Waals surface area contributed by atoms with Crippen molar-refractivity contribution in [2.45, 2.75) is 50.9 Å². The molecule has 32 heavy (non-hydrogen) atoms. The van der Waals surface area contributed by atoms with Gasteiger partial charge >= 0.3 is 0 Å². The topological polar surface area (TPSA) is 127 Å². The van der Waals surface area contributed by atoms with Crippen molar-refractivity contribution in [2.24, 2.45) is 5.73 Å². The van der Waals surface area contributed by atoms with Crippen molar-refractivity contribution in [3.8, 4) is 11.9 Å². The number of nitrogens with zero attached hydrogens (tertiary/aromatic N) is 2. The molecule has 0 radical (unpaired) electrons. The molecule has 1 aliphatic carbocycles. The van der Waals surface area contributed by atoms with Gasteiger partial charge in [-0.3, -0.25) is 9.59 Å². The van der Waals surface area contributed by atoms with E-state index in [2.05, 4.69) is 10.3 Å². The summed E-state index contributed by atoms with van der Waals surface area (Å²) in [5.41, 5.74) is 7.56. The molecule has 8 nitrogen and oxygen atoms in total. The second-order valence-electron chi connectivity index (χ2n) is 7.99. The lowest BCUT2D eigenvalue weighted by molar-refractivity contribution is 0.0875. The summed E-state index contributed by atoms with van der Waals surface area (Å²) in [7, 11) is 0. The van der Waals surface area contributed by atoms with Crippen LogP contribution in [0.15, 0.2) is 24.3 Å². The first-order valence-corrected chi connectivity index (χ1v) is 10.5. The maximum absolute atomic E-state index is 13.5. The molecule has 0 spiro atoms. The fourth-order valence-corrected chi connectivity index (χ4v) is 4.04. The van der Waals surface area contributed by atoms with E-state index in [4.69, 9.17) is 20.5 Å². The Balaban J connectivity index is 1.37. The first kappa shape index (κ1) is 21.7. The number of halogens is 1. The molecule has 1 saturated carbocycles. The van der Waals surface area contributed by atoms with Gasteiger partial charge < -0.3 is 20.5 Å². The molecular formula is C23H23FN4O4. The normalized spacial score (nSPS) is 20.0. The lowest BCUT2D eigenvalue weighted by Crippen LogP contribution is -2.40. The number of primary amides is 1. The third kappa shape index (κ3) is 4.70. The Hall–Kier alpha value is -3.51. The fourth-order valence-electron chi connectivity index (χ4n) is 4.04. The predicted octanol–water partition coefficient (Wildman–Crippen LogP) is 2.38. The number of nitrogens with one attached hydrogen (secondary N) is 1. The highest BCUT2D eigenvalue weighted by Gasteiger charge is 2.27. The Morgan fingerprint density at radius 3 is 2.75 bits per heavy atom. The number of carbonyl (C=O) groups excluding carboxylic acids is 2. The number of hydrogen-bond acceptors (Lipinski definition) is 6. The van der Waals surface area contributed by atoms with Gasteiger partial charge in [0.05, 0.1) is 24.5 Å². The Morgan fingerprint density at radius 2 is 2.03 bits per heavy atom. The molecule has 4 rings (SSSR count). The minimum Gasteiger partial charge on any atom is -0.474 e. The zero-order valence-corrected chi connectivity index (χ0v) is 17.4. The number of fused-ring (bicyclic) bond motifs is 1. The van der Waals surface area contributed by atoms with Gasteiger partial charge in [-0.05, 0) is 49.9 Å². The number of amides is 2. The van der Waals surface area contributed by atoms with E-state index in [1.54, 1.807) is 12.1 Å². The Morgan fingerprint density at radius 1 is 1.25 bits per heavy atom. The standard InChI is InChI=1S/C23H23FN4O4/c24-19-6-1-13(9-14(19)11-25)22(30)27-16-2-4-17(5-3-16)32-23-18(21(26)29)10-15-12-31-8-7-20(15)28-23/h1,6,9-10,16-17H,2-5,7-8,12H2,(H2,26,29)(H,27,30)/t16-,17-. The summed E-state index contributed by atoms with van der Waals surface area (Å²) in [6.07, 6.45) is 3.18. The number of hydrogen-bond donors (Lipinski definition) is 2. The van der Waals surface area contributed by atoms with E-state index in [0.717, 1.165) is 17.3 Å². The highest BCUT2D eigenvalue weighted by molar-refractivity contribution is 5.95. The monoisotopic (exact) mass is 438 g/mol. The van der Waals surface area contributed by atoms with Gasteiger partial charge in [-0.2, -0.15) is 5.26 Å². The summed E-state index contributed by atoms with van der Waals surface area (Å²) in [5, 5.41) is 11.9. The van der Waals surface area contributed by atoms with E-state index >= 15 is 0 Å². The van der Waals surface area contributed by atoms with E-state index in [1.807, 2.05) is 0 Å². The molecular weight excluding hydrogens is 415 g/mol. The van der Waals surface area contributed by atoms with Gasteiger partial charge in [0.1, 0.15) is 23.6 Å². The smallest absolute Gasteiger partial charge is 0.254 e. The Bertz CT molecular complexity index is 1090. The van der Waals surface area contributed by atoms with Gasteiger partial charge in [0.25, 0.3) is 11.8 Å². The molecule has 1 aromatic heterocycles. The summed E-state index contributed by atoms with van der Waals surface area (Å²) in [6, 6.07) is 7.09. The number of aromatic nitrogens is 1. The second-order valence-corrected chi connectivity index (χ2v) is 7.99. The Kier molecular flexibility index (Phi) is 6.32. The van der Waals surface area contributed by atoms with Crippen LogP contribution in [0.4, 0.5) is 4.39 Å². The first-order valence-electron chi connectivity index (χ1n) is 10.5. The molecule has 2 aromatic rings. The summed E-state index contributed by atoms with van der Waals surface area (Å²) in [5.74, 6) is -1.35. The highest BCUT2D eigenvalue weighted by atomic mass is 19.1. The first-order chi connectivity index (χ1) is 15.4. The molecule has 166 valence electrons. The van der Waals surface area contributed by atoms with Crippen LogP contribution >= 0.6 is 0 Å². The summed E-state index contributed by atoms with van der Waals surface area (Å²) in [6.45, 7) is 0.974. The number of benzene rings is 1. The molecule has 0 unspecified atom stereocenters. The quantitative estimate of drug-likeness (QED) is 0.738. The third-order valence-electron chi connectivity index (χ3n) is 5.80. The van der Waals surface area contributed by atoms with Crippen LogP contribution in [0.25, 0.3) is 0 Å². The fraction of sp³-hybridized carbons (Fsp3) is 0.391. The summed E-state index contributed by atoms with van der Waals surface area (Å²) < 4.78 is 24.9. The van der Waals surface area contributed by atoms with E-state index in [0.29, 0.717) is 45.3 Å². The largest absolute Gasteiger partial charge is 0.474 e. The second kappa shape index (κ2) is 9.32. The number of nitrogens with two attached hydrogens (primary N) is 1. The molecule has 2 heterocycles. The summed E-state index contributed by atoms with van der Waals surface area (Å²) in [4.78, 5) is 28.9. The van der Waals surface area contributed by atoms with E-state index in [1.165, 1.54) is 12.1 Å². The third-order valence-corrected chi connectivity index (χ3v) is 5.80. The molecule has 9 heteroatoms. The van der Waals surface area contributed by atoms with Crippen LogP contribution in [-0.2, 0) is 17.8 Å². The SMILES string of the molecule is N#Cc1cc(C(=O)N[C@H]2CC[C@H](Oc3nc4c(cc3C(N)=O)COCC4)CC2)ccc1F. The van der Waals surface area contributed by atoms with Gasteiger partial charge in [-0.25, -0.2) is 9.37 Å². The van der Waals surface area contributed by atoms with E-state index in [-0.39, 0.29) is 40.6 Å². The molecule has 0 saturated heterocycles. The van der Waals surface area contributed by atoms with Gasteiger partial charge in [0, 0.05) is 23.6 Å². The minimum absolute atomic E-state index is 0.0674. The molecule has 0 atom stereocenters. The maximum atomic E-state index is 13.5. The molecule has 1 aromatic carbocycles. The van der Waals surface area contributed by atoms with E-state index in [9.17, 15) is 14.0 Å². The molecule has 0 bridgehead atoms. The average Bonchev–Trinajstić information content (AvgIpc) is 2.80. The van der Waals surface area contributed by atoms with Gasteiger partial charge in [0.15, 0.2) is 0 Å². The van der Waals surface area contributed by atoms with Crippen LogP contribution in [0.2, 0.25) is 0 Å². The average molecular weight is 438 g/mol. The lowest BCUT2D eigenvalue weighted by Gasteiger charge is -2.30. The highest BCUT2D eigenvalue weighted by Crippen LogP contribution is 2.28. The van der Waals surface area contributed by atoms with Crippen LogP contribution in [0.1, 0.15) is 63.2 Å². The Labute approximate surface area is 184 Å². The summed E-state index contributed by atoms with van der Waals surface area (Å²) >= 11 is 0. The van der Waals surface area contributed by atoms with Crippen molar-refractivity contribution >= 4 is 11.8 Å². The van der Waals surface area contributed by atoms with Gasteiger partial charge in [-0.15, -0.1) is 0 Å². The van der Waals surface area contributed by atoms with Crippen molar-refractivity contribution in [2.75, 3.05) is 6.61 Å². The van der Waals surface area contributed by atoms with Crippen molar-refractivity contribution in [3.63, 3.8) is 0 Å². The van der Waals surface area contributed by atoms with Crippen LogP contribution < -0.4 is 15.8 Å². The molecule has 1 aliphatic heterocycles. The lowest BCUT2D eigenvalue weighted by atomic mass is 9.92. The van der Waals surface area contributed by atoms with Crippen molar-refractivity contribution < 1.29 is 23.5 Å². The van der Waals surface area contributed by atoms with Gasteiger partial charge in [0.2, 0.25) is 5.88 Å². The van der Waals surface area contributed by atoms with Crippen molar-refractivity contribution in [1.29, 1.82) is 5.26 Å². The van der Waals surface area contributed by atoms with Crippen molar-refractivity contribution in [1.82, 2.24) is 10.3 Å². The molecule has 1 fully saturated rings. The number of ether oxygens (including phenoxy) is 2. The zero-order valence-electron chi connectivity index (χ0n) is 17.4. The van der Waals surface area contributed by atoms with E-state index < -0.39 is 11.7 Å². The maximum Gasteiger partial charge on any atom is 0.254 e. The number of pyridine rings is 1. The van der Waals surface area contributed by atoms with Gasteiger partial charge in [-0.1, -0.05) is 0 Å².